The molecule has 2 nitrogen and oxygen atoms in total. The van der Waals surface area contributed by atoms with E-state index in [0.717, 1.165) is 19.7 Å². The highest BCUT2D eigenvalue weighted by Gasteiger charge is 2.40. The van der Waals surface area contributed by atoms with Gasteiger partial charge in [-0.3, -0.25) is 4.90 Å². The van der Waals surface area contributed by atoms with Gasteiger partial charge >= 0.3 is 0 Å². The molecule has 0 radical (unpaired) electrons. The normalized spacial score (nSPS) is 43.8. The first-order valence-electron chi connectivity index (χ1n) is 4.05. The van der Waals surface area contributed by atoms with Crippen LogP contribution in [0, 0.1) is 0 Å². The van der Waals surface area contributed by atoms with E-state index in [1.807, 2.05) is 0 Å². The second-order valence-corrected chi connectivity index (χ2v) is 3.96. The number of hydrogen-bond acceptors (Lipinski definition) is 2. The number of hydrogen-bond donors (Lipinski definition) is 0. The van der Waals surface area contributed by atoms with Crippen LogP contribution in [-0.4, -0.2) is 36.2 Å². The van der Waals surface area contributed by atoms with Gasteiger partial charge in [0.05, 0.1) is 12.7 Å². The van der Waals surface area contributed by atoms with Gasteiger partial charge in [0.2, 0.25) is 0 Å². The van der Waals surface area contributed by atoms with Crippen molar-refractivity contribution in [3.8, 4) is 0 Å². The molecule has 2 rings (SSSR count). The molecular formula is C8H15NO. The Kier molecular flexibility index (Phi) is 1.29. The van der Waals surface area contributed by atoms with E-state index in [4.69, 9.17) is 4.74 Å². The first-order valence-corrected chi connectivity index (χ1v) is 4.05. The molecule has 2 aliphatic rings. The van der Waals surface area contributed by atoms with Crippen LogP contribution in [0.25, 0.3) is 0 Å². The van der Waals surface area contributed by atoms with Gasteiger partial charge in [0.25, 0.3) is 0 Å². The third-order valence-electron chi connectivity index (χ3n) is 2.72. The molecule has 0 spiro atoms. The monoisotopic (exact) mass is 141 g/mol. The zero-order valence-electron chi connectivity index (χ0n) is 6.76. The van der Waals surface area contributed by atoms with Gasteiger partial charge in [0.15, 0.2) is 0 Å². The summed E-state index contributed by atoms with van der Waals surface area (Å²) in [6, 6.07) is 0. The number of fused-ring (bicyclic) bond motifs is 2. The third-order valence-corrected chi connectivity index (χ3v) is 2.72. The van der Waals surface area contributed by atoms with Crippen LogP contribution >= 0.6 is 0 Å². The second-order valence-electron chi connectivity index (χ2n) is 3.96. The van der Waals surface area contributed by atoms with Crippen molar-refractivity contribution in [2.75, 3.05) is 19.7 Å². The summed E-state index contributed by atoms with van der Waals surface area (Å²) >= 11 is 0. The average Bonchev–Trinajstić information content (AvgIpc) is 2.04. The Balaban J connectivity index is 2.15. The summed E-state index contributed by atoms with van der Waals surface area (Å²) in [6.07, 6.45) is 1.75. The van der Waals surface area contributed by atoms with Crippen molar-refractivity contribution < 1.29 is 4.74 Å². The van der Waals surface area contributed by atoms with E-state index in [0.29, 0.717) is 11.6 Å². The summed E-state index contributed by atoms with van der Waals surface area (Å²) in [7, 11) is 0. The predicted molar refractivity (Wildman–Crippen MR) is 40.0 cm³/mol. The molecule has 2 heteroatoms. The van der Waals surface area contributed by atoms with Crippen LogP contribution in [0.1, 0.15) is 20.3 Å². The standard InChI is InChI=1S/C8H15NO/c1-8(2)5-7-6-9(8)3-4-10-7/h7H,3-6H2,1-2H3. The van der Waals surface area contributed by atoms with Crippen LogP contribution in [-0.2, 0) is 4.74 Å². The van der Waals surface area contributed by atoms with Crippen molar-refractivity contribution in [2.24, 2.45) is 0 Å². The van der Waals surface area contributed by atoms with E-state index in [2.05, 4.69) is 18.7 Å². The van der Waals surface area contributed by atoms with E-state index >= 15 is 0 Å². The van der Waals surface area contributed by atoms with Gasteiger partial charge in [0, 0.05) is 18.6 Å². The molecule has 10 heavy (non-hydrogen) atoms. The molecule has 0 aromatic heterocycles. The molecule has 2 bridgehead atoms. The molecule has 2 atom stereocenters. The molecule has 2 heterocycles. The van der Waals surface area contributed by atoms with Crippen LogP contribution in [0.15, 0.2) is 0 Å². The van der Waals surface area contributed by atoms with Gasteiger partial charge in [-0.2, -0.15) is 0 Å². The molecule has 0 amide bonds. The van der Waals surface area contributed by atoms with Gasteiger partial charge in [-0.05, 0) is 20.3 Å². The van der Waals surface area contributed by atoms with E-state index < -0.39 is 0 Å². The van der Waals surface area contributed by atoms with Gasteiger partial charge in [-0.15, -0.1) is 0 Å². The van der Waals surface area contributed by atoms with Gasteiger partial charge in [-0.25, -0.2) is 0 Å². The van der Waals surface area contributed by atoms with Crippen LogP contribution in [0.4, 0.5) is 0 Å². The average molecular weight is 141 g/mol. The fourth-order valence-corrected chi connectivity index (χ4v) is 2.08. The highest BCUT2D eigenvalue weighted by molar-refractivity contribution is 4.95. The molecule has 2 fully saturated rings. The molecule has 2 aliphatic heterocycles. The fourth-order valence-electron chi connectivity index (χ4n) is 2.08. The summed E-state index contributed by atoms with van der Waals surface area (Å²) in [5.41, 5.74) is 0.404. The largest absolute Gasteiger partial charge is 0.375 e. The zero-order valence-corrected chi connectivity index (χ0v) is 6.76. The Labute approximate surface area is 62.2 Å². The molecule has 2 unspecified atom stereocenters. The van der Waals surface area contributed by atoms with Crippen LogP contribution < -0.4 is 0 Å². The van der Waals surface area contributed by atoms with Crippen molar-refractivity contribution in [3.63, 3.8) is 0 Å². The number of morpholine rings is 1. The van der Waals surface area contributed by atoms with Crippen molar-refractivity contribution in [2.45, 2.75) is 31.9 Å². The summed E-state index contributed by atoms with van der Waals surface area (Å²) in [5.74, 6) is 0. The maximum atomic E-state index is 5.56. The van der Waals surface area contributed by atoms with Gasteiger partial charge in [0.1, 0.15) is 0 Å². The lowest BCUT2D eigenvalue weighted by Gasteiger charge is -2.31. The fraction of sp³-hybridized carbons (Fsp3) is 1.00. The Bertz CT molecular complexity index is 144. The summed E-state index contributed by atoms with van der Waals surface area (Å²) in [6.45, 7) is 7.84. The lowest BCUT2D eigenvalue weighted by molar-refractivity contribution is 0.0111. The van der Waals surface area contributed by atoms with Crippen molar-refractivity contribution >= 4 is 0 Å². The van der Waals surface area contributed by atoms with Crippen molar-refractivity contribution in [1.29, 1.82) is 0 Å². The minimum atomic E-state index is 0.404. The third kappa shape index (κ3) is 0.867. The highest BCUT2D eigenvalue weighted by Crippen LogP contribution is 2.32. The lowest BCUT2D eigenvalue weighted by Crippen LogP contribution is -2.41. The predicted octanol–water partition coefficient (Wildman–Crippen LogP) is 0.869. The number of rotatable bonds is 0. The van der Waals surface area contributed by atoms with Gasteiger partial charge < -0.3 is 4.74 Å². The molecule has 0 saturated carbocycles. The molecule has 2 saturated heterocycles. The Morgan fingerprint density at radius 2 is 2.30 bits per heavy atom. The summed E-state index contributed by atoms with van der Waals surface area (Å²) in [5, 5.41) is 0. The summed E-state index contributed by atoms with van der Waals surface area (Å²) in [4.78, 5) is 2.53. The topological polar surface area (TPSA) is 12.5 Å². The van der Waals surface area contributed by atoms with Gasteiger partial charge in [-0.1, -0.05) is 0 Å². The molecule has 0 N–H and O–H groups in total. The Hall–Kier alpha value is -0.0800. The van der Waals surface area contributed by atoms with Crippen molar-refractivity contribution in [3.05, 3.63) is 0 Å². The second kappa shape index (κ2) is 1.95. The minimum Gasteiger partial charge on any atom is -0.375 e. The quantitative estimate of drug-likeness (QED) is 0.496. The molecular weight excluding hydrogens is 126 g/mol. The summed E-state index contributed by atoms with van der Waals surface area (Å²) < 4.78 is 5.56. The maximum Gasteiger partial charge on any atom is 0.0720 e. The smallest absolute Gasteiger partial charge is 0.0720 e. The number of ether oxygens (including phenoxy) is 1. The van der Waals surface area contributed by atoms with E-state index in [9.17, 15) is 0 Å². The van der Waals surface area contributed by atoms with E-state index in [1.165, 1.54) is 6.42 Å². The Morgan fingerprint density at radius 1 is 1.50 bits per heavy atom. The lowest BCUT2D eigenvalue weighted by atomic mass is 10.0. The molecule has 0 aliphatic carbocycles. The van der Waals surface area contributed by atoms with Crippen molar-refractivity contribution in [1.82, 2.24) is 4.90 Å². The first-order chi connectivity index (χ1) is 4.68. The maximum absolute atomic E-state index is 5.56. The van der Waals surface area contributed by atoms with E-state index in [-0.39, 0.29) is 0 Å². The minimum absolute atomic E-state index is 0.404. The zero-order chi connectivity index (χ0) is 7.19. The SMILES string of the molecule is CC1(C)CC2CN1CCO2. The molecule has 0 aromatic carbocycles. The highest BCUT2D eigenvalue weighted by atomic mass is 16.5. The van der Waals surface area contributed by atoms with E-state index in [1.54, 1.807) is 0 Å². The molecule has 58 valence electrons. The molecule has 0 aromatic rings. The van der Waals surface area contributed by atoms with Crippen LogP contribution in [0.2, 0.25) is 0 Å². The number of nitrogens with zero attached hydrogens (tertiary/aromatic N) is 1. The first kappa shape index (κ1) is 6.62. The Morgan fingerprint density at radius 3 is 2.90 bits per heavy atom. The van der Waals surface area contributed by atoms with Crippen LogP contribution in [0.5, 0.6) is 0 Å². The van der Waals surface area contributed by atoms with Crippen LogP contribution in [0.3, 0.4) is 0 Å².